The summed E-state index contributed by atoms with van der Waals surface area (Å²) in [5.41, 5.74) is 0.713. The molecule has 9 heteroatoms. The Balaban J connectivity index is 1.72. The van der Waals surface area contributed by atoms with Crippen LogP contribution in [0.5, 0.6) is 5.75 Å². The lowest BCUT2D eigenvalue weighted by atomic mass is 9.65. The molecule has 3 fully saturated rings. The van der Waals surface area contributed by atoms with Gasteiger partial charge in [-0.15, -0.1) is 24.9 Å². The molecule has 3 heterocycles. The molecule has 3 aliphatic heterocycles. The zero-order chi connectivity index (χ0) is 29.0. The van der Waals surface area contributed by atoms with E-state index in [1.54, 1.807) is 38.6 Å². The third kappa shape index (κ3) is 5.07. The number of aliphatic hydroxyl groups excluding tert-OH is 1. The van der Waals surface area contributed by atoms with Crippen LogP contribution in [0, 0.1) is 17.8 Å². The Morgan fingerprint density at radius 3 is 2.48 bits per heavy atom. The minimum atomic E-state index is -0.727. The number of rotatable bonds is 14. The number of likely N-dealkylation sites (tertiary alicyclic amines) is 1. The lowest BCUT2D eigenvalue weighted by Gasteiger charge is -2.41. The lowest BCUT2D eigenvalue weighted by Crippen LogP contribution is -2.57. The van der Waals surface area contributed by atoms with Gasteiger partial charge in [0.1, 0.15) is 11.8 Å². The molecule has 3 aliphatic rings. The summed E-state index contributed by atoms with van der Waals surface area (Å²) >= 11 is 1.65. The van der Waals surface area contributed by atoms with Gasteiger partial charge >= 0.3 is 0 Å². The van der Waals surface area contributed by atoms with Gasteiger partial charge in [0.05, 0.1) is 29.8 Å². The molecule has 3 unspecified atom stereocenters. The van der Waals surface area contributed by atoms with Crippen molar-refractivity contribution in [1.82, 2.24) is 9.80 Å². The molecule has 4 rings (SSSR count). The first-order chi connectivity index (χ1) is 19.3. The van der Waals surface area contributed by atoms with Crippen LogP contribution in [0.1, 0.15) is 40.0 Å². The predicted molar refractivity (Wildman–Crippen MR) is 159 cm³/mol. The van der Waals surface area contributed by atoms with Gasteiger partial charge in [-0.2, -0.15) is 0 Å². The van der Waals surface area contributed by atoms with E-state index in [1.807, 2.05) is 31.2 Å². The number of nitrogens with zero attached hydrogens (tertiary/aromatic N) is 3. The summed E-state index contributed by atoms with van der Waals surface area (Å²) in [6.07, 6.45) is 5.95. The number of anilines is 1. The fraction of sp³-hybridized carbons (Fsp3) is 0.581. The Hall–Kier alpha value is -2.78. The molecule has 218 valence electrons. The van der Waals surface area contributed by atoms with Crippen molar-refractivity contribution in [3.63, 3.8) is 0 Å². The highest BCUT2D eigenvalue weighted by Gasteiger charge is 2.76. The zero-order valence-electron chi connectivity index (χ0n) is 24.0. The first-order valence-electron chi connectivity index (χ1n) is 14.4. The van der Waals surface area contributed by atoms with Crippen LogP contribution in [-0.2, 0) is 14.4 Å². The van der Waals surface area contributed by atoms with E-state index >= 15 is 0 Å². The van der Waals surface area contributed by atoms with Gasteiger partial charge in [0.2, 0.25) is 17.7 Å². The van der Waals surface area contributed by atoms with Crippen molar-refractivity contribution in [3.05, 3.63) is 49.6 Å². The fourth-order valence-corrected chi connectivity index (χ4v) is 9.33. The van der Waals surface area contributed by atoms with E-state index in [9.17, 15) is 19.5 Å². The first kappa shape index (κ1) is 30.2. The summed E-state index contributed by atoms with van der Waals surface area (Å²) in [5, 5.41) is 9.86. The second-order valence-corrected chi connectivity index (χ2v) is 12.4. The summed E-state index contributed by atoms with van der Waals surface area (Å²) in [7, 11) is 0. The molecule has 1 aromatic carbocycles. The van der Waals surface area contributed by atoms with Crippen LogP contribution >= 0.6 is 11.8 Å². The Morgan fingerprint density at radius 2 is 1.88 bits per heavy atom. The van der Waals surface area contributed by atoms with E-state index in [0.717, 1.165) is 25.0 Å². The molecule has 3 amide bonds. The molecular weight excluding hydrogens is 526 g/mol. The van der Waals surface area contributed by atoms with Gasteiger partial charge in [0.25, 0.3) is 0 Å². The van der Waals surface area contributed by atoms with Crippen LogP contribution in [0.15, 0.2) is 49.6 Å². The van der Waals surface area contributed by atoms with E-state index in [2.05, 4.69) is 27.0 Å². The molecule has 1 spiro atoms. The molecule has 0 radical (unpaired) electrons. The number of benzene rings is 1. The largest absolute Gasteiger partial charge is 0.494 e. The molecular formula is C31H43N3O5S. The van der Waals surface area contributed by atoms with E-state index in [4.69, 9.17) is 4.74 Å². The Labute approximate surface area is 242 Å². The molecule has 6 atom stereocenters. The summed E-state index contributed by atoms with van der Waals surface area (Å²) in [4.78, 5) is 47.8. The van der Waals surface area contributed by atoms with Crippen molar-refractivity contribution in [3.8, 4) is 5.75 Å². The average molecular weight is 570 g/mol. The van der Waals surface area contributed by atoms with Gasteiger partial charge in [-0.1, -0.05) is 32.4 Å². The average Bonchev–Trinajstić information content (AvgIpc) is 3.53. The van der Waals surface area contributed by atoms with Crippen LogP contribution in [0.3, 0.4) is 0 Å². The number of aliphatic hydroxyl groups is 1. The third-order valence-electron chi connectivity index (χ3n) is 8.59. The van der Waals surface area contributed by atoms with Crippen LogP contribution in [0.2, 0.25) is 0 Å². The molecule has 3 saturated heterocycles. The summed E-state index contributed by atoms with van der Waals surface area (Å²) in [6.45, 7) is 15.5. The number of carbonyl (C=O) groups excluding carboxylic acids is 3. The first-order valence-corrected chi connectivity index (χ1v) is 15.3. The SMILES string of the molecule is C=CCN(CCCC)C(=O)C1N(CCO)C(=O)[C@@H]2[C@@H](C(=O)N(CC=C)c3ccc(OCC)cc3)[C@H]3CC(C)C12S3. The second-order valence-electron chi connectivity index (χ2n) is 10.9. The maximum atomic E-state index is 14.4. The van der Waals surface area contributed by atoms with Crippen molar-refractivity contribution < 1.29 is 24.2 Å². The second kappa shape index (κ2) is 12.8. The highest BCUT2D eigenvalue weighted by atomic mass is 32.2. The molecule has 0 saturated carbocycles. The van der Waals surface area contributed by atoms with E-state index in [-0.39, 0.29) is 42.0 Å². The number of unbranched alkanes of at least 4 members (excludes halogenated alkanes) is 1. The molecule has 1 N–H and O–H groups in total. The van der Waals surface area contributed by atoms with E-state index in [0.29, 0.717) is 31.9 Å². The normalized spacial score (nSPS) is 28.4. The van der Waals surface area contributed by atoms with Gasteiger partial charge < -0.3 is 24.5 Å². The lowest BCUT2D eigenvalue weighted by molar-refractivity contribution is -0.143. The molecule has 2 bridgehead atoms. The van der Waals surface area contributed by atoms with E-state index in [1.165, 1.54) is 0 Å². The molecule has 8 nitrogen and oxygen atoms in total. The third-order valence-corrected chi connectivity index (χ3v) is 10.7. The number of carbonyl (C=O) groups is 3. The van der Waals surface area contributed by atoms with Gasteiger partial charge in [-0.25, -0.2) is 0 Å². The maximum Gasteiger partial charge on any atom is 0.247 e. The zero-order valence-corrected chi connectivity index (χ0v) is 24.8. The number of amides is 3. The quantitative estimate of drug-likeness (QED) is 0.343. The number of hydrogen-bond acceptors (Lipinski definition) is 6. The highest BCUT2D eigenvalue weighted by Crippen LogP contribution is 2.69. The van der Waals surface area contributed by atoms with Gasteiger partial charge in [0, 0.05) is 37.1 Å². The summed E-state index contributed by atoms with van der Waals surface area (Å²) in [6, 6.07) is 6.66. The fourth-order valence-electron chi connectivity index (χ4n) is 6.92. The standard InChI is InChI=1S/C31H43N3O5S/c1-6-10-17-32(15-7-2)30(38)27-31-21(5)20-24(40-31)25(26(31)29(37)34(27)18-19-35)28(36)33(16-8-3)22-11-13-23(14-12-22)39-9-4/h7-8,11-14,21,24-27,35H,2-3,6,9-10,15-20H2,1,4-5H3/t21?,24-,25+,26+,27?,31?/m1/s1. The van der Waals surface area contributed by atoms with E-state index < -0.39 is 22.6 Å². The van der Waals surface area contributed by atoms with Crippen LogP contribution in [-0.4, -0.2) is 88.1 Å². The van der Waals surface area contributed by atoms with Crippen molar-refractivity contribution in [1.29, 1.82) is 0 Å². The number of ether oxygens (including phenoxy) is 1. The number of thioether (sulfide) groups is 1. The monoisotopic (exact) mass is 569 g/mol. The van der Waals surface area contributed by atoms with Crippen LogP contribution < -0.4 is 9.64 Å². The minimum Gasteiger partial charge on any atom is -0.494 e. The number of β-amino-alcohol motifs (C(OH)–C–C–N with tert-alkyl or cyclic N) is 1. The predicted octanol–water partition coefficient (Wildman–Crippen LogP) is 3.75. The van der Waals surface area contributed by atoms with Crippen molar-refractivity contribution >= 4 is 35.2 Å². The Morgan fingerprint density at radius 1 is 1.18 bits per heavy atom. The Bertz CT molecular complexity index is 1110. The van der Waals surface area contributed by atoms with Gasteiger partial charge in [0.15, 0.2) is 0 Å². The van der Waals surface area contributed by atoms with Crippen molar-refractivity contribution in [2.75, 3.05) is 44.3 Å². The van der Waals surface area contributed by atoms with Crippen LogP contribution in [0.25, 0.3) is 0 Å². The number of fused-ring (bicyclic) bond motifs is 1. The number of hydrogen-bond donors (Lipinski definition) is 1. The minimum absolute atomic E-state index is 0.0632. The molecule has 1 aromatic rings. The smallest absolute Gasteiger partial charge is 0.247 e. The van der Waals surface area contributed by atoms with Crippen molar-refractivity contribution in [2.45, 2.75) is 56.1 Å². The maximum absolute atomic E-state index is 14.4. The van der Waals surface area contributed by atoms with Gasteiger partial charge in [-0.3, -0.25) is 14.4 Å². The highest BCUT2D eigenvalue weighted by molar-refractivity contribution is 8.02. The van der Waals surface area contributed by atoms with Crippen LogP contribution in [0.4, 0.5) is 5.69 Å². The molecule has 0 aliphatic carbocycles. The van der Waals surface area contributed by atoms with Gasteiger partial charge in [-0.05, 0) is 49.9 Å². The topological polar surface area (TPSA) is 90.4 Å². The molecule has 40 heavy (non-hydrogen) atoms. The van der Waals surface area contributed by atoms with Crippen molar-refractivity contribution in [2.24, 2.45) is 17.8 Å². The Kier molecular flexibility index (Phi) is 9.67. The summed E-state index contributed by atoms with van der Waals surface area (Å²) in [5.74, 6) is -0.854. The molecule has 0 aromatic heterocycles. The summed E-state index contributed by atoms with van der Waals surface area (Å²) < 4.78 is 4.85.